The molecule has 0 fully saturated rings. The molecule has 0 aliphatic heterocycles. The van der Waals surface area contributed by atoms with Gasteiger partial charge in [-0.05, 0) is 6.42 Å². The lowest BCUT2D eigenvalue weighted by Crippen LogP contribution is -2.34. The van der Waals surface area contributed by atoms with E-state index in [4.69, 9.17) is 22.1 Å². The first-order chi connectivity index (χ1) is 7.27. The van der Waals surface area contributed by atoms with E-state index in [9.17, 15) is 0 Å². The molecule has 0 radical (unpaired) electrons. The summed E-state index contributed by atoms with van der Waals surface area (Å²) in [5.74, 6) is 17.0. The van der Waals surface area contributed by atoms with Crippen molar-refractivity contribution in [3.8, 4) is 0 Å². The number of hydrazone groups is 1. The summed E-state index contributed by atoms with van der Waals surface area (Å²) >= 11 is 0. The van der Waals surface area contributed by atoms with Gasteiger partial charge in [-0.15, -0.1) is 0 Å². The molecule has 1 aromatic heterocycles. The van der Waals surface area contributed by atoms with E-state index in [1.165, 1.54) is 11.2 Å². The quantitative estimate of drug-likeness (QED) is 0.210. The zero-order chi connectivity index (χ0) is 11.1. The van der Waals surface area contributed by atoms with Crippen molar-refractivity contribution in [2.75, 3.05) is 11.6 Å². The van der Waals surface area contributed by atoms with Crippen LogP contribution in [0.5, 0.6) is 0 Å². The predicted molar refractivity (Wildman–Crippen MR) is 56.2 cm³/mol. The number of nitrogens with two attached hydrogens (primary N) is 3. The van der Waals surface area contributed by atoms with Gasteiger partial charge in [0.05, 0.1) is 6.20 Å². The molecule has 0 atom stereocenters. The Hall–Kier alpha value is -1.80. The Kier molecular flexibility index (Phi) is 4.38. The highest BCUT2D eigenvalue weighted by atomic mass is 16.5. The van der Waals surface area contributed by atoms with Crippen molar-refractivity contribution in [2.45, 2.75) is 12.8 Å². The highest BCUT2D eigenvalue weighted by molar-refractivity contribution is 5.81. The summed E-state index contributed by atoms with van der Waals surface area (Å²) in [5, 5.41) is 8.45. The van der Waals surface area contributed by atoms with Gasteiger partial charge in [0.1, 0.15) is 5.84 Å². The van der Waals surface area contributed by atoms with E-state index < -0.39 is 0 Å². The molecule has 1 aromatic rings. The molecule has 15 heavy (non-hydrogen) atoms. The monoisotopic (exact) mass is 213 g/mol. The number of anilines is 1. The summed E-state index contributed by atoms with van der Waals surface area (Å²) in [7, 11) is 0. The first-order valence-electron chi connectivity index (χ1n) is 4.44. The number of hydrogen-bond acceptors (Lipinski definition) is 7. The molecule has 0 unspecified atom stereocenters. The summed E-state index contributed by atoms with van der Waals surface area (Å²) in [6, 6.07) is 1.68. The molecule has 0 aliphatic carbocycles. The first-order valence-corrected chi connectivity index (χ1v) is 4.44. The molecule has 1 rings (SSSR count). The normalized spacial score (nSPS) is 11.5. The molecule has 0 aliphatic rings. The van der Waals surface area contributed by atoms with Crippen LogP contribution in [0.2, 0.25) is 0 Å². The van der Waals surface area contributed by atoms with Crippen LogP contribution in [-0.2, 0) is 0 Å². The van der Waals surface area contributed by atoms with Crippen molar-refractivity contribution in [3.63, 3.8) is 0 Å². The molecule has 1 heterocycles. The van der Waals surface area contributed by atoms with Gasteiger partial charge in [0.25, 0.3) is 0 Å². The van der Waals surface area contributed by atoms with Crippen molar-refractivity contribution in [1.29, 1.82) is 0 Å². The second-order valence-electron chi connectivity index (χ2n) is 2.87. The number of nitrogens with one attached hydrogen (secondary N) is 1. The highest BCUT2D eigenvalue weighted by Crippen LogP contribution is 2.08. The van der Waals surface area contributed by atoms with Crippen LogP contribution in [0.1, 0.15) is 12.8 Å². The third-order valence-corrected chi connectivity index (χ3v) is 1.84. The zero-order valence-corrected chi connectivity index (χ0v) is 8.26. The van der Waals surface area contributed by atoms with E-state index in [2.05, 4.69) is 15.7 Å². The molecule has 0 saturated carbocycles. The number of aromatic nitrogens is 1. The Labute approximate surface area is 87.0 Å². The Morgan fingerprint density at radius 3 is 3.00 bits per heavy atom. The van der Waals surface area contributed by atoms with Crippen LogP contribution in [0.3, 0.4) is 0 Å². The highest BCUT2D eigenvalue weighted by Gasteiger charge is 2.05. The maximum absolute atomic E-state index is 5.69. The molecular weight excluding hydrogens is 198 g/mol. The summed E-state index contributed by atoms with van der Waals surface area (Å²) < 4.78 is 4.86. The van der Waals surface area contributed by atoms with E-state index >= 15 is 0 Å². The topological polar surface area (TPSA) is 132 Å². The van der Waals surface area contributed by atoms with Crippen molar-refractivity contribution in [2.24, 2.45) is 22.6 Å². The minimum atomic E-state index is 0.516. The Balaban J connectivity index is 2.26. The van der Waals surface area contributed by atoms with Crippen LogP contribution >= 0.6 is 0 Å². The van der Waals surface area contributed by atoms with Crippen molar-refractivity contribution < 1.29 is 4.52 Å². The summed E-state index contributed by atoms with van der Waals surface area (Å²) in [4.78, 5) is 0. The molecule has 84 valence electrons. The molecule has 0 bridgehead atoms. The van der Waals surface area contributed by atoms with Crippen molar-refractivity contribution in [1.82, 2.24) is 10.6 Å². The van der Waals surface area contributed by atoms with E-state index in [1.54, 1.807) is 6.07 Å². The van der Waals surface area contributed by atoms with Crippen molar-refractivity contribution in [3.05, 3.63) is 12.3 Å². The first kappa shape index (κ1) is 11.3. The zero-order valence-electron chi connectivity index (χ0n) is 8.26. The lowest BCUT2D eigenvalue weighted by atomic mass is 10.3. The fourth-order valence-electron chi connectivity index (χ4n) is 1.06. The van der Waals surface area contributed by atoms with Crippen LogP contribution in [0.4, 0.5) is 5.88 Å². The summed E-state index contributed by atoms with van der Waals surface area (Å²) in [6.45, 7) is 0.593. The van der Waals surface area contributed by atoms with Gasteiger partial charge in [0.15, 0.2) is 0 Å². The van der Waals surface area contributed by atoms with E-state index in [-0.39, 0.29) is 0 Å². The molecule has 7 N–H and O–H groups in total. The second kappa shape index (κ2) is 5.83. The largest absolute Gasteiger partial charge is 0.337 e. The van der Waals surface area contributed by atoms with E-state index in [0.29, 0.717) is 24.7 Å². The minimum absolute atomic E-state index is 0.516. The molecule has 0 aromatic carbocycles. The third-order valence-electron chi connectivity index (χ3n) is 1.84. The number of hydrazine groups is 2. The van der Waals surface area contributed by atoms with Gasteiger partial charge in [-0.2, -0.15) is 5.10 Å². The lowest BCUT2D eigenvalue weighted by Gasteiger charge is -2.13. The fourth-order valence-corrected chi connectivity index (χ4v) is 1.06. The molecule has 0 spiro atoms. The lowest BCUT2D eigenvalue weighted by molar-refractivity contribution is 0.415. The van der Waals surface area contributed by atoms with Crippen molar-refractivity contribution >= 4 is 11.7 Å². The van der Waals surface area contributed by atoms with Gasteiger partial charge < -0.3 is 15.8 Å². The SMILES string of the molecule is N/N=C(/CCCN(N)c1ccno1)NN. The number of rotatable bonds is 5. The average molecular weight is 213 g/mol. The van der Waals surface area contributed by atoms with Gasteiger partial charge in [-0.1, -0.05) is 5.16 Å². The maximum atomic E-state index is 5.69. The summed E-state index contributed by atoms with van der Waals surface area (Å²) in [5.41, 5.74) is 2.39. The van der Waals surface area contributed by atoms with Gasteiger partial charge in [-0.3, -0.25) is 5.01 Å². The summed E-state index contributed by atoms with van der Waals surface area (Å²) in [6.07, 6.45) is 2.90. The van der Waals surface area contributed by atoms with Gasteiger partial charge in [-0.25, -0.2) is 11.7 Å². The number of hydrogen-bond donors (Lipinski definition) is 4. The molecular formula is C7H15N7O. The minimum Gasteiger partial charge on any atom is -0.337 e. The molecule has 8 nitrogen and oxygen atoms in total. The standard InChI is InChI=1S/C7H15N7O/c8-12-6(13-9)2-1-5-14(10)7-3-4-11-15-7/h3-4H,1-2,5,8-10H2,(H,12,13). The van der Waals surface area contributed by atoms with Gasteiger partial charge >= 0.3 is 0 Å². The number of nitrogens with zero attached hydrogens (tertiary/aromatic N) is 3. The van der Waals surface area contributed by atoms with Crippen LogP contribution in [0.25, 0.3) is 0 Å². The second-order valence-corrected chi connectivity index (χ2v) is 2.87. The smallest absolute Gasteiger partial charge is 0.241 e. The van der Waals surface area contributed by atoms with Crippen LogP contribution in [-0.4, -0.2) is 17.5 Å². The fraction of sp³-hybridized carbons (Fsp3) is 0.429. The molecule has 8 heteroatoms. The Morgan fingerprint density at radius 2 is 2.47 bits per heavy atom. The number of amidine groups is 1. The maximum Gasteiger partial charge on any atom is 0.241 e. The Morgan fingerprint density at radius 1 is 1.67 bits per heavy atom. The van der Waals surface area contributed by atoms with Gasteiger partial charge in [0, 0.05) is 19.0 Å². The van der Waals surface area contributed by atoms with Crippen LogP contribution in [0, 0.1) is 0 Å². The van der Waals surface area contributed by atoms with Gasteiger partial charge in [0.2, 0.25) is 5.88 Å². The predicted octanol–water partition coefficient (Wildman–Crippen LogP) is -1.13. The molecule has 0 amide bonds. The average Bonchev–Trinajstić information content (AvgIpc) is 2.77. The molecule has 0 saturated heterocycles. The Bertz CT molecular complexity index is 296. The van der Waals surface area contributed by atoms with E-state index in [1.807, 2.05) is 0 Å². The van der Waals surface area contributed by atoms with Crippen LogP contribution in [0.15, 0.2) is 21.9 Å². The third kappa shape index (κ3) is 3.44. The van der Waals surface area contributed by atoms with Crippen LogP contribution < -0.4 is 28.0 Å². The van der Waals surface area contributed by atoms with E-state index in [0.717, 1.165) is 6.42 Å².